The van der Waals surface area contributed by atoms with E-state index in [0.717, 1.165) is 0 Å². The zero-order valence-corrected chi connectivity index (χ0v) is 16.3. The molecule has 144 valence electrons. The highest BCUT2D eigenvalue weighted by molar-refractivity contribution is 5.94. The second kappa shape index (κ2) is 10.4. The highest BCUT2D eigenvalue weighted by atomic mass is 16.2. The van der Waals surface area contributed by atoms with E-state index in [1.54, 1.807) is 24.1 Å². The first-order valence-electron chi connectivity index (χ1n) is 8.95. The van der Waals surface area contributed by atoms with Gasteiger partial charge in [0.15, 0.2) is 0 Å². The predicted molar refractivity (Wildman–Crippen MR) is 103 cm³/mol. The Kier molecular flexibility index (Phi) is 8.61. The monoisotopic (exact) mass is 362 g/mol. The number of anilines is 1. The first-order valence-corrected chi connectivity index (χ1v) is 8.95. The molecule has 0 bridgehead atoms. The minimum atomic E-state index is -0.715. The fourth-order valence-electron chi connectivity index (χ4n) is 2.54. The van der Waals surface area contributed by atoms with Gasteiger partial charge in [0.05, 0.1) is 6.54 Å². The molecule has 0 saturated heterocycles. The smallest absolute Gasteiger partial charge is 0.319 e. The molecule has 0 spiro atoms. The number of hydrogen-bond acceptors (Lipinski definition) is 3. The van der Waals surface area contributed by atoms with E-state index in [-0.39, 0.29) is 24.3 Å². The summed E-state index contributed by atoms with van der Waals surface area (Å²) in [6, 6.07) is 7.84. The molecule has 0 fully saturated rings. The van der Waals surface area contributed by atoms with E-state index >= 15 is 0 Å². The van der Waals surface area contributed by atoms with Gasteiger partial charge in [-0.1, -0.05) is 32.0 Å². The van der Waals surface area contributed by atoms with Crippen LogP contribution in [0.1, 0.15) is 27.7 Å². The standard InChI is InChI=1S/C19H30N4O3/c1-6-23(7-2)16(24)13-22(5)18(25)17(14(3)4)21-19(26)20-15-11-9-8-10-12-15/h8-12,14,17H,6-7,13H2,1-5H3,(H2,20,21,26). The molecule has 1 aromatic carbocycles. The van der Waals surface area contributed by atoms with Gasteiger partial charge in [-0.25, -0.2) is 4.79 Å². The molecule has 26 heavy (non-hydrogen) atoms. The lowest BCUT2D eigenvalue weighted by atomic mass is 10.0. The number of nitrogens with zero attached hydrogens (tertiary/aromatic N) is 2. The van der Waals surface area contributed by atoms with Crippen LogP contribution < -0.4 is 10.6 Å². The van der Waals surface area contributed by atoms with Gasteiger partial charge >= 0.3 is 6.03 Å². The van der Waals surface area contributed by atoms with Crippen molar-refractivity contribution >= 4 is 23.5 Å². The Morgan fingerprint density at radius 3 is 2.12 bits per heavy atom. The third-order valence-electron chi connectivity index (χ3n) is 4.12. The third-order valence-corrected chi connectivity index (χ3v) is 4.12. The molecular weight excluding hydrogens is 332 g/mol. The molecule has 0 radical (unpaired) electrons. The summed E-state index contributed by atoms with van der Waals surface area (Å²) in [5.41, 5.74) is 0.644. The molecule has 0 aliphatic heterocycles. The summed E-state index contributed by atoms with van der Waals surface area (Å²) >= 11 is 0. The highest BCUT2D eigenvalue weighted by Gasteiger charge is 2.28. The topological polar surface area (TPSA) is 81.8 Å². The Morgan fingerprint density at radius 1 is 1.04 bits per heavy atom. The van der Waals surface area contributed by atoms with Gasteiger partial charge in [0.2, 0.25) is 11.8 Å². The quantitative estimate of drug-likeness (QED) is 0.743. The van der Waals surface area contributed by atoms with E-state index in [1.807, 2.05) is 45.9 Å². The fraction of sp³-hybridized carbons (Fsp3) is 0.526. The third kappa shape index (κ3) is 6.38. The van der Waals surface area contributed by atoms with Crippen LogP contribution in [-0.2, 0) is 9.59 Å². The highest BCUT2D eigenvalue weighted by Crippen LogP contribution is 2.08. The molecule has 4 amide bonds. The number of benzene rings is 1. The number of hydrogen-bond donors (Lipinski definition) is 2. The summed E-state index contributed by atoms with van der Waals surface area (Å²) in [5.74, 6) is -0.513. The molecule has 0 aliphatic carbocycles. The summed E-state index contributed by atoms with van der Waals surface area (Å²) < 4.78 is 0. The summed E-state index contributed by atoms with van der Waals surface area (Å²) in [7, 11) is 1.58. The predicted octanol–water partition coefficient (Wildman–Crippen LogP) is 2.16. The molecule has 1 aromatic rings. The van der Waals surface area contributed by atoms with E-state index in [0.29, 0.717) is 18.8 Å². The van der Waals surface area contributed by atoms with Crippen molar-refractivity contribution < 1.29 is 14.4 Å². The van der Waals surface area contributed by atoms with Gasteiger partial charge in [-0.3, -0.25) is 9.59 Å². The van der Waals surface area contributed by atoms with Gasteiger partial charge in [0.1, 0.15) is 6.04 Å². The van der Waals surface area contributed by atoms with Crippen molar-refractivity contribution in [2.75, 3.05) is 32.0 Å². The van der Waals surface area contributed by atoms with Crippen LogP contribution in [0.2, 0.25) is 0 Å². The lowest BCUT2D eigenvalue weighted by molar-refractivity contribution is -0.140. The van der Waals surface area contributed by atoms with Crippen molar-refractivity contribution in [2.24, 2.45) is 5.92 Å². The number of urea groups is 1. The van der Waals surface area contributed by atoms with Gasteiger partial charge in [-0.15, -0.1) is 0 Å². The van der Waals surface area contributed by atoms with Crippen LogP contribution in [0.5, 0.6) is 0 Å². The zero-order chi connectivity index (χ0) is 19.7. The normalized spacial score (nSPS) is 11.6. The molecule has 0 heterocycles. The number of para-hydroxylation sites is 1. The molecular formula is C19H30N4O3. The van der Waals surface area contributed by atoms with Gasteiger partial charge in [0, 0.05) is 25.8 Å². The Balaban J connectivity index is 2.71. The van der Waals surface area contributed by atoms with Gasteiger partial charge in [-0.05, 0) is 31.9 Å². The van der Waals surface area contributed by atoms with E-state index in [9.17, 15) is 14.4 Å². The first-order chi connectivity index (χ1) is 12.3. The average Bonchev–Trinajstić information content (AvgIpc) is 2.60. The van der Waals surface area contributed by atoms with Crippen molar-refractivity contribution in [3.05, 3.63) is 30.3 Å². The number of likely N-dealkylation sites (N-methyl/N-ethyl adjacent to an activating group) is 2. The van der Waals surface area contributed by atoms with E-state index in [2.05, 4.69) is 10.6 Å². The van der Waals surface area contributed by atoms with Crippen molar-refractivity contribution in [1.29, 1.82) is 0 Å². The van der Waals surface area contributed by atoms with Crippen LogP contribution >= 0.6 is 0 Å². The van der Waals surface area contributed by atoms with E-state index in [1.165, 1.54) is 4.90 Å². The average molecular weight is 362 g/mol. The lowest BCUT2D eigenvalue weighted by Gasteiger charge is -2.28. The summed E-state index contributed by atoms with van der Waals surface area (Å²) in [5, 5.41) is 5.41. The van der Waals surface area contributed by atoms with Crippen molar-refractivity contribution in [3.8, 4) is 0 Å². The Morgan fingerprint density at radius 2 is 1.62 bits per heavy atom. The van der Waals surface area contributed by atoms with E-state index < -0.39 is 12.1 Å². The molecule has 7 nitrogen and oxygen atoms in total. The minimum absolute atomic E-state index is 0.00822. The van der Waals surface area contributed by atoms with E-state index in [4.69, 9.17) is 0 Å². The fourth-order valence-corrected chi connectivity index (χ4v) is 2.54. The van der Waals surface area contributed by atoms with Crippen LogP contribution in [0.25, 0.3) is 0 Å². The molecule has 2 N–H and O–H groups in total. The first kappa shape index (κ1) is 21.5. The maximum Gasteiger partial charge on any atom is 0.319 e. The molecule has 0 aliphatic rings. The van der Waals surface area contributed by atoms with Crippen LogP contribution in [0.3, 0.4) is 0 Å². The maximum absolute atomic E-state index is 12.7. The minimum Gasteiger partial charge on any atom is -0.342 e. The SMILES string of the molecule is CCN(CC)C(=O)CN(C)C(=O)C(NC(=O)Nc1ccccc1)C(C)C. The number of amides is 4. The molecule has 7 heteroatoms. The second-order valence-electron chi connectivity index (χ2n) is 6.45. The lowest BCUT2D eigenvalue weighted by Crippen LogP contribution is -2.53. The molecule has 0 aromatic heterocycles. The number of rotatable bonds is 8. The van der Waals surface area contributed by atoms with Crippen molar-refractivity contribution in [2.45, 2.75) is 33.7 Å². The zero-order valence-electron chi connectivity index (χ0n) is 16.3. The molecule has 0 saturated carbocycles. The number of carbonyl (C=O) groups excluding carboxylic acids is 3. The Labute approximate surface area is 155 Å². The van der Waals surface area contributed by atoms with Gasteiger partial charge in [0.25, 0.3) is 0 Å². The van der Waals surface area contributed by atoms with Crippen LogP contribution in [-0.4, -0.2) is 60.4 Å². The largest absolute Gasteiger partial charge is 0.342 e. The van der Waals surface area contributed by atoms with Crippen molar-refractivity contribution in [1.82, 2.24) is 15.1 Å². The summed E-state index contributed by atoms with van der Waals surface area (Å²) in [4.78, 5) is 40.2. The van der Waals surface area contributed by atoms with Gasteiger partial charge in [-0.2, -0.15) is 0 Å². The van der Waals surface area contributed by atoms with Crippen molar-refractivity contribution in [3.63, 3.8) is 0 Å². The summed E-state index contributed by atoms with van der Waals surface area (Å²) in [6.45, 7) is 8.69. The van der Waals surface area contributed by atoms with Crippen LogP contribution in [0, 0.1) is 5.92 Å². The maximum atomic E-state index is 12.7. The molecule has 1 rings (SSSR count). The Bertz CT molecular complexity index is 600. The van der Waals surface area contributed by atoms with Gasteiger partial charge < -0.3 is 20.4 Å². The molecule has 1 unspecified atom stereocenters. The second-order valence-corrected chi connectivity index (χ2v) is 6.45. The van der Waals surface area contributed by atoms with Crippen LogP contribution in [0.4, 0.5) is 10.5 Å². The number of carbonyl (C=O) groups is 3. The Hall–Kier alpha value is -2.57. The number of nitrogens with one attached hydrogen (secondary N) is 2. The van der Waals surface area contributed by atoms with Crippen LogP contribution in [0.15, 0.2) is 30.3 Å². The summed E-state index contributed by atoms with van der Waals surface area (Å²) in [6.07, 6.45) is 0. The molecule has 1 atom stereocenters.